The van der Waals surface area contributed by atoms with Crippen molar-refractivity contribution in [1.82, 2.24) is 0 Å². The number of carbonyl (C=O) groups is 2. The molecule has 1 aromatic carbocycles. The van der Waals surface area contributed by atoms with Crippen molar-refractivity contribution in [2.45, 2.75) is 46.2 Å². The van der Waals surface area contributed by atoms with Gasteiger partial charge in [-0.15, -0.1) is 0 Å². The van der Waals surface area contributed by atoms with Crippen LogP contribution in [0.25, 0.3) is 0 Å². The minimum Gasteiger partial charge on any atom is -0.466 e. The van der Waals surface area contributed by atoms with Gasteiger partial charge in [-0.2, -0.15) is 13.2 Å². The van der Waals surface area contributed by atoms with E-state index in [9.17, 15) is 22.8 Å². The molecule has 4 atom stereocenters. The minimum atomic E-state index is -4.56. The van der Waals surface area contributed by atoms with Crippen molar-refractivity contribution in [3.8, 4) is 0 Å². The first-order chi connectivity index (χ1) is 15.5. The molecule has 0 aliphatic heterocycles. The summed E-state index contributed by atoms with van der Waals surface area (Å²) in [7, 11) is 0. The zero-order valence-corrected chi connectivity index (χ0v) is 20.2. The highest BCUT2D eigenvalue weighted by molar-refractivity contribution is 6.33. The maximum Gasteiger partial charge on any atom is 0.392 e. The Hall–Kier alpha value is -1.99. The van der Waals surface area contributed by atoms with Gasteiger partial charge in [0.1, 0.15) is 0 Å². The quantitative estimate of drug-likeness (QED) is 0.370. The number of allylic oxidation sites excluding steroid dienone is 4. The van der Waals surface area contributed by atoms with Crippen LogP contribution in [0.15, 0.2) is 41.5 Å². The van der Waals surface area contributed by atoms with E-state index in [1.54, 1.807) is 31.2 Å². The topological polar surface area (TPSA) is 55.4 Å². The van der Waals surface area contributed by atoms with E-state index in [-0.39, 0.29) is 35.6 Å². The van der Waals surface area contributed by atoms with Crippen molar-refractivity contribution in [3.05, 3.63) is 52.0 Å². The third kappa shape index (κ3) is 7.51. The average molecular weight is 506 g/mol. The predicted octanol–water partition coefficient (Wildman–Crippen LogP) is 6.92. The van der Waals surface area contributed by atoms with Crippen molar-refractivity contribution >= 4 is 40.8 Å². The first kappa shape index (κ1) is 27.3. The summed E-state index contributed by atoms with van der Waals surface area (Å²) in [5.41, 5.74) is 0.910. The molecule has 4 nitrogen and oxygen atoms in total. The Morgan fingerprint density at radius 3 is 2.48 bits per heavy atom. The summed E-state index contributed by atoms with van der Waals surface area (Å²) < 4.78 is 45.8. The summed E-state index contributed by atoms with van der Waals surface area (Å²) in [4.78, 5) is 25.2. The molecular formula is C24H28Cl2F3NO3. The van der Waals surface area contributed by atoms with Crippen LogP contribution in [-0.2, 0) is 20.7 Å². The number of esters is 1. The van der Waals surface area contributed by atoms with Gasteiger partial charge in [0, 0.05) is 5.03 Å². The molecule has 1 aliphatic carbocycles. The maximum atomic E-state index is 13.6. The van der Waals surface area contributed by atoms with Gasteiger partial charge < -0.3 is 10.1 Å². The molecule has 33 heavy (non-hydrogen) atoms. The van der Waals surface area contributed by atoms with Crippen LogP contribution in [0.3, 0.4) is 0 Å². The smallest absolute Gasteiger partial charge is 0.392 e. The number of amides is 1. The van der Waals surface area contributed by atoms with E-state index in [4.69, 9.17) is 27.9 Å². The molecule has 2 rings (SSSR count). The van der Waals surface area contributed by atoms with Crippen LogP contribution >= 0.6 is 23.2 Å². The van der Waals surface area contributed by atoms with E-state index in [1.165, 1.54) is 12.2 Å². The molecule has 0 saturated heterocycles. The number of alkyl halides is 3. The number of nitrogens with one attached hydrogen (secondary N) is 1. The van der Waals surface area contributed by atoms with Crippen LogP contribution in [0.1, 0.15) is 39.2 Å². The van der Waals surface area contributed by atoms with Gasteiger partial charge in [0.05, 0.1) is 35.1 Å². The Kier molecular flexibility index (Phi) is 9.85. The Balaban J connectivity index is 2.27. The van der Waals surface area contributed by atoms with Gasteiger partial charge in [-0.1, -0.05) is 55.3 Å². The zero-order chi connectivity index (χ0) is 24.8. The number of carbonyl (C=O) groups excluding carboxylic acids is 2. The third-order valence-electron chi connectivity index (χ3n) is 5.79. The molecule has 0 saturated carbocycles. The Morgan fingerprint density at radius 1 is 1.24 bits per heavy atom. The van der Waals surface area contributed by atoms with Gasteiger partial charge in [-0.3, -0.25) is 9.59 Å². The summed E-state index contributed by atoms with van der Waals surface area (Å²) in [6.45, 7) is 4.86. The van der Waals surface area contributed by atoms with Crippen LogP contribution in [0.4, 0.5) is 18.9 Å². The third-order valence-corrected chi connectivity index (χ3v) is 6.40. The molecular weight excluding hydrogens is 478 g/mol. The van der Waals surface area contributed by atoms with Crippen molar-refractivity contribution < 1.29 is 27.5 Å². The molecule has 1 aromatic rings. The van der Waals surface area contributed by atoms with Gasteiger partial charge in [-0.25, -0.2) is 0 Å². The average Bonchev–Trinajstić information content (AvgIpc) is 2.75. The molecule has 0 fully saturated rings. The van der Waals surface area contributed by atoms with Crippen molar-refractivity contribution in [2.75, 3.05) is 11.9 Å². The summed E-state index contributed by atoms with van der Waals surface area (Å²) in [5.74, 6) is -5.40. The van der Waals surface area contributed by atoms with Crippen molar-refractivity contribution in [1.29, 1.82) is 0 Å². The number of benzene rings is 1. The van der Waals surface area contributed by atoms with Crippen molar-refractivity contribution in [2.24, 2.45) is 23.7 Å². The molecule has 0 aromatic heterocycles. The lowest BCUT2D eigenvalue weighted by molar-refractivity contribution is -0.188. The molecule has 1 aliphatic rings. The standard InChI is InChI=1S/C24H28Cl2F3NO3/c1-4-16(23(32)33-5-2)12-15-6-11-19(26)20(13-15)30-22(31)21(14(3)24(27,28)29)17-7-9-18(25)10-8-17/h6-7,9-11,13-14,16-17,21H,4-5,8,12H2,1-3H3,(H,30,31)/t14-,16+,17?,21+/m1/s1. The molecule has 1 amide bonds. The fraction of sp³-hybridized carbons (Fsp3) is 0.500. The number of hydrogen-bond acceptors (Lipinski definition) is 3. The maximum absolute atomic E-state index is 13.6. The second kappa shape index (κ2) is 11.9. The lowest BCUT2D eigenvalue weighted by Gasteiger charge is -2.31. The number of ether oxygens (including phenoxy) is 1. The lowest BCUT2D eigenvalue weighted by atomic mass is 9.78. The highest BCUT2D eigenvalue weighted by Crippen LogP contribution is 2.40. The zero-order valence-electron chi connectivity index (χ0n) is 18.7. The number of hydrogen-bond donors (Lipinski definition) is 1. The summed E-state index contributed by atoms with van der Waals surface area (Å²) in [6.07, 6.45) is 1.22. The normalized spacial score (nSPS) is 18.8. The molecule has 182 valence electrons. The SMILES string of the molecule is CCOC(=O)[C@@H](CC)Cc1ccc(Cl)c(NC(=O)[C@H](C2C=CC(Cl)=CC2)[C@@H](C)C(F)(F)F)c1. The van der Waals surface area contributed by atoms with E-state index in [0.29, 0.717) is 23.4 Å². The largest absolute Gasteiger partial charge is 0.466 e. The molecule has 1 unspecified atom stereocenters. The van der Waals surface area contributed by atoms with E-state index in [0.717, 1.165) is 6.92 Å². The Labute approximate surface area is 202 Å². The van der Waals surface area contributed by atoms with Crippen LogP contribution < -0.4 is 5.32 Å². The number of halogens is 5. The Morgan fingerprint density at radius 2 is 1.94 bits per heavy atom. The lowest BCUT2D eigenvalue weighted by Crippen LogP contribution is -2.40. The first-order valence-electron chi connectivity index (χ1n) is 10.8. The van der Waals surface area contributed by atoms with Gasteiger partial charge in [0.2, 0.25) is 5.91 Å². The van der Waals surface area contributed by atoms with Crippen molar-refractivity contribution in [3.63, 3.8) is 0 Å². The molecule has 1 N–H and O–H groups in total. The fourth-order valence-corrected chi connectivity index (χ4v) is 4.15. The molecule has 9 heteroatoms. The summed E-state index contributed by atoms with van der Waals surface area (Å²) >= 11 is 12.1. The highest BCUT2D eigenvalue weighted by Gasteiger charge is 2.46. The molecule has 0 spiro atoms. The van der Waals surface area contributed by atoms with E-state index in [1.807, 2.05) is 6.92 Å². The van der Waals surface area contributed by atoms with E-state index >= 15 is 0 Å². The monoisotopic (exact) mass is 505 g/mol. The molecule has 0 radical (unpaired) electrons. The Bertz CT molecular complexity index is 915. The second-order valence-corrected chi connectivity index (χ2v) is 8.91. The number of anilines is 1. The summed E-state index contributed by atoms with van der Waals surface area (Å²) in [6, 6.07) is 4.85. The minimum absolute atomic E-state index is 0.192. The van der Waals surface area contributed by atoms with Gasteiger partial charge in [0.25, 0.3) is 0 Å². The second-order valence-electron chi connectivity index (χ2n) is 8.07. The van der Waals surface area contributed by atoms with Crippen LogP contribution in [0.2, 0.25) is 5.02 Å². The van der Waals surface area contributed by atoms with Crippen LogP contribution in [0, 0.1) is 23.7 Å². The number of rotatable bonds is 9. The van der Waals surface area contributed by atoms with Crippen LogP contribution in [-0.4, -0.2) is 24.7 Å². The molecule has 0 bridgehead atoms. The van der Waals surface area contributed by atoms with E-state index < -0.39 is 29.8 Å². The fourth-order valence-electron chi connectivity index (χ4n) is 3.82. The first-order valence-corrected chi connectivity index (χ1v) is 11.6. The molecule has 0 heterocycles. The van der Waals surface area contributed by atoms with Gasteiger partial charge in [0.15, 0.2) is 0 Å². The summed E-state index contributed by atoms with van der Waals surface area (Å²) in [5, 5.41) is 3.20. The predicted molar refractivity (Wildman–Crippen MR) is 124 cm³/mol. The van der Waals surface area contributed by atoms with E-state index in [2.05, 4.69) is 5.32 Å². The van der Waals surface area contributed by atoms with Gasteiger partial charge in [-0.05, 0) is 55.9 Å². The van der Waals surface area contributed by atoms with Crippen LogP contribution in [0.5, 0.6) is 0 Å². The van der Waals surface area contributed by atoms with Gasteiger partial charge >= 0.3 is 12.1 Å². The highest BCUT2D eigenvalue weighted by atomic mass is 35.5.